The van der Waals surface area contributed by atoms with E-state index in [9.17, 15) is 0 Å². The monoisotopic (exact) mass is 388 g/mol. The highest BCUT2D eigenvalue weighted by molar-refractivity contribution is 9.10. The van der Waals surface area contributed by atoms with E-state index in [1.165, 1.54) is 5.56 Å². The fourth-order valence-corrected chi connectivity index (χ4v) is 3.10. The first-order valence-electron chi connectivity index (χ1n) is 8.18. The standard InChI is InChI=1S/C22H17BrN2/c1-15-6-12-18(13-7-15)24-22-14-21(16-8-10-17(23)11-9-16)25-20-5-3-2-4-19(20)22/h2-14H,1H3,(H,24,25). The van der Waals surface area contributed by atoms with Crippen LogP contribution < -0.4 is 5.32 Å². The second kappa shape index (κ2) is 6.69. The molecule has 0 fully saturated rings. The summed E-state index contributed by atoms with van der Waals surface area (Å²) in [4.78, 5) is 4.84. The van der Waals surface area contributed by atoms with Gasteiger partial charge in [0.05, 0.1) is 16.9 Å². The molecule has 4 rings (SSSR count). The minimum atomic E-state index is 0.959. The number of rotatable bonds is 3. The molecule has 0 saturated carbocycles. The molecule has 0 atom stereocenters. The molecule has 25 heavy (non-hydrogen) atoms. The molecule has 4 aromatic rings. The first-order chi connectivity index (χ1) is 12.2. The van der Waals surface area contributed by atoms with Gasteiger partial charge < -0.3 is 5.32 Å². The van der Waals surface area contributed by atoms with Crippen molar-refractivity contribution >= 4 is 38.2 Å². The van der Waals surface area contributed by atoms with Crippen LogP contribution in [0.2, 0.25) is 0 Å². The zero-order valence-corrected chi connectivity index (χ0v) is 15.4. The Hall–Kier alpha value is -2.65. The van der Waals surface area contributed by atoms with Crippen LogP contribution >= 0.6 is 15.9 Å². The van der Waals surface area contributed by atoms with Crippen LogP contribution in [0, 0.1) is 6.92 Å². The average molecular weight is 389 g/mol. The van der Waals surface area contributed by atoms with Gasteiger partial charge in [0, 0.05) is 21.1 Å². The summed E-state index contributed by atoms with van der Waals surface area (Å²) < 4.78 is 1.06. The minimum absolute atomic E-state index is 0.959. The number of hydrogen-bond donors (Lipinski definition) is 1. The summed E-state index contributed by atoms with van der Waals surface area (Å²) in [5.74, 6) is 0. The zero-order chi connectivity index (χ0) is 17.2. The van der Waals surface area contributed by atoms with Gasteiger partial charge in [-0.05, 0) is 43.3 Å². The van der Waals surface area contributed by atoms with Crippen LogP contribution in [-0.4, -0.2) is 4.98 Å². The lowest BCUT2D eigenvalue weighted by Gasteiger charge is -2.12. The van der Waals surface area contributed by atoms with Crippen molar-refractivity contribution in [3.63, 3.8) is 0 Å². The highest BCUT2D eigenvalue weighted by Crippen LogP contribution is 2.31. The Morgan fingerprint density at radius 1 is 0.840 bits per heavy atom. The number of aromatic nitrogens is 1. The molecular formula is C22H17BrN2. The molecule has 2 nitrogen and oxygen atoms in total. The lowest BCUT2D eigenvalue weighted by Crippen LogP contribution is -1.95. The summed E-state index contributed by atoms with van der Waals surface area (Å²) in [5.41, 5.74) is 6.43. The van der Waals surface area contributed by atoms with Gasteiger partial charge in [-0.2, -0.15) is 0 Å². The SMILES string of the molecule is Cc1ccc(Nc2cc(-c3ccc(Br)cc3)nc3ccccc23)cc1. The van der Waals surface area contributed by atoms with E-state index in [1.54, 1.807) is 0 Å². The zero-order valence-electron chi connectivity index (χ0n) is 13.8. The summed E-state index contributed by atoms with van der Waals surface area (Å²) in [7, 11) is 0. The molecule has 0 saturated heterocycles. The normalized spacial score (nSPS) is 10.8. The fourth-order valence-electron chi connectivity index (χ4n) is 2.84. The van der Waals surface area contributed by atoms with Crippen molar-refractivity contribution in [3.05, 3.63) is 88.9 Å². The van der Waals surface area contributed by atoms with Crippen molar-refractivity contribution in [1.29, 1.82) is 0 Å². The maximum absolute atomic E-state index is 4.84. The van der Waals surface area contributed by atoms with Gasteiger partial charge in [-0.3, -0.25) is 0 Å². The van der Waals surface area contributed by atoms with Gasteiger partial charge in [-0.15, -0.1) is 0 Å². The maximum atomic E-state index is 4.84. The Morgan fingerprint density at radius 3 is 2.32 bits per heavy atom. The van der Waals surface area contributed by atoms with E-state index in [2.05, 4.69) is 82.8 Å². The van der Waals surface area contributed by atoms with Crippen LogP contribution in [0.15, 0.2) is 83.3 Å². The van der Waals surface area contributed by atoms with E-state index < -0.39 is 0 Å². The smallest absolute Gasteiger partial charge is 0.0730 e. The summed E-state index contributed by atoms with van der Waals surface area (Å²) in [6, 6.07) is 27.0. The molecule has 0 amide bonds. The quantitative estimate of drug-likeness (QED) is 0.421. The molecule has 0 aliphatic heterocycles. The van der Waals surface area contributed by atoms with Gasteiger partial charge in [0.25, 0.3) is 0 Å². The lowest BCUT2D eigenvalue weighted by atomic mass is 10.1. The van der Waals surface area contributed by atoms with Crippen LogP contribution in [-0.2, 0) is 0 Å². The average Bonchev–Trinajstić information content (AvgIpc) is 2.64. The number of anilines is 2. The van der Waals surface area contributed by atoms with Gasteiger partial charge in [-0.1, -0.05) is 64.0 Å². The molecular weight excluding hydrogens is 372 g/mol. The molecule has 1 N–H and O–H groups in total. The van der Waals surface area contributed by atoms with Crippen molar-refractivity contribution in [2.24, 2.45) is 0 Å². The van der Waals surface area contributed by atoms with Crippen LogP contribution in [0.1, 0.15) is 5.56 Å². The predicted molar refractivity (Wildman–Crippen MR) is 109 cm³/mol. The second-order valence-electron chi connectivity index (χ2n) is 6.07. The summed E-state index contributed by atoms with van der Waals surface area (Å²) in [6.45, 7) is 2.09. The highest BCUT2D eigenvalue weighted by Gasteiger charge is 2.08. The van der Waals surface area contributed by atoms with Crippen LogP contribution in [0.5, 0.6) is 0 Å². The third kappa shape index (κ3) is 3.42. The topological polar surface area (TPSA) is 24.9 Å². The number of halogens is 1. The van der Waals surface area contributed by atoms with Crippen molar-refractivity contribution in [2.45, 2.75) is 6.92 Å². The van der Waals surface area contributed by atoms with Crippen molar-refractivity contribution in [3.8, 4) is 11.3 Å². The molecule has 0 unspecified atom stereocenters. The van der Waals surface area contributed by atoms with Crippen LogP contribution in [0.25, 0.3) is 22.2 Å². The summed E-state index contributed by atoms with van der Waals surface area (Å²) in [5, 5.41) is 4.66. The van der Waals surface area contributed by atoms with Crippen molar-refractivity contribution in [2.75, 3.05) is 5.32 Å². The number of fused-ring (bicyclic) bond motifs is 1. The highest BCUT2D eigenvalue weighted by atomic mass is 79.9. The molecule has 3 aromatic carbocycles. The van der Waals surface area contributed by atoms with Crippen molar-refractivity contribution in [1.82, 2.24) is 4.98 Å². The fraction of sp³-hybridized carbons (Fsp3) is 0.0455. The van der Waals surface area contributed by atoms with E-state index in [0.717, 1.165) is 38.0 Å². The summed E-state index contributed by atoms with van der Waals surface area (Å²) >= 11 is 3.49. The lowest BCUT2D eigenvalue weighted by molar-refractivity contribution is 1.39. The van der Waals surface area contributed by atoms with E-state index >= 15 is 0 Å². The molecule has 0 spiro atoms. The summed E-state index contributed by atoms with van der Waals surface area (Å²) in [6.07, 6.45) is 0. The minimum Gasteiger partial charge on any atom is -0.355 e. The Kier molecular flexibility index (Phi) is 4.24. The molecule has 0 aliphatic rings. The van der Waals surface area contributed by atoms with Crippen LogP contribution in [0.4, 0.5) is 11.4 Å². The number of pyridine rings is 1. The Morgan fingerprint density at radius 2 is 1.56 bits per heavy atom. The first kappa shape index (κ1) is 15.9. The molecule has 0 radical (unpaired) electrons. The maximum Gasteiger partial charge on any atom is 0.0730 e. The number of benzene rings is 3. The third-order valence-corrected chi connectivity index (χ3v) is 4.72. The Bertz CT molecular complexity index is 1020. The van der Waals surface area contributed by atoms with E-state index in [4.69, 9.17) is 4.98 Å². The third-order valence-electron chi connectivity index (χ3n) is 4.19. The molecule has 3 heteroatoms. The van der Waals surface area contributed by atoms with Crippen molar-refractivity contribution < 1.29 is 0 Å². The number of hydrogen-bond acceptors (Lipinski definition) is 2. The van der Waals surface area contributed by atoms with Gasteiger partial charge in [0.2, 0.25) is 0 Å². The molecule has 1 heterocycles. The number of para-hydroxylation sites is 1. The first-order valence-corrected chi connectivity index (χ1v) is 8.98. The van der Waals surface area contributed by atoms with Gasteiger partial charge >= 0.3 is 0 Å². The van der Waals surface area contributed by atoms with E-state index in [-0.39, 0.29) is 0 Å². The molecule has 0 aliphatic carbocycles. The Balaban J connectivity index is 1.83. The number of aryl methyl sites for hydroxylation is 1. The number of nitrogens with zero attached hydrogens (tertiary/aromatic N) is 1. The molecule has 1 aromatic heterocycles. The predicted octanol–water partition coefficient (Wildman–Crippen LogP) is 6.72. The van der Waals surface area contributed by atoms with Gasteiger partial charge in [0.1, 0.15) is 0 Å². The Labute approximate surface area is 155 Å². The van der Waals surface area contributed by atoms with Gasteiger partial charge in [-0.25, -0.2) is 4.98 Å². The van der Waals surface area contributed by atoms with Gasteiger partial charge in [0.15, 0.2) is 0 Å². The second-order valence-corrected chi connectivity index (χ2v) is 6.99. The molecule has 0 bridgehead atoms. The van der Waals surface area contributed by atoms with E-state index in [0.29, 0.717) is 0 Å². The largest absolute Gasteiger partial charge is 0.355 e. The molecule has 122 valence electrons. The number of nitrogens with one attached hydrogen (secondary N) is 1. The van der Waals surface area contributed by atoms with Crippen LogP contribution in [0.3, 0.4) is 0 Å². The van der Waals surface area contributed by atoms with E-state index in [1.807, 2.05) is 24.3 Å².